The second kappa shape index (κ2) is 7.51. The number of piperidine rings is 1. The molecular weight excluding hydrogens is 236 g/mol. The van der Waals surface area contributed by atoms with E-state index >= 15 is 0 Å². The first-order valence-electron chi connectivity index (χ1n) is 7.31. The van der Waals surface area contributed by atoms with Crippen molar-refractivity contribution in [2.75, 3.05) is 40.3 Å². The summed E-state index contributed by atoms with van der Waals surface area (Å²) in [4.78, 5) is 2.59. The van der Waals surface area contributed by atoms with Gasteiger partial charge in [-0.3, -0.25) is 0 Å². The van der Waals surface area contributed by atoms with Gasteiger partial charge in [0.05, 0.1) is 7.11 Å². The predicted octanol–water partition coefficient (Wildman–Crippen LogP) is 2.17. The summed E-state index contributed by atoms with van der Waals surface area (Å²) in [6.07, 6.45) is 3.81. The van der Waals surface area contributed by atoms with Crippen molar-refractivity contribution in [3.63, 3.8) is 0 Å². The number of nitrogens with zero attached hydrogens (tertiary/aromatic N) is 1. The highest BCUT2D eigenvalue weighted by atomic mass is 16.5. The van der Waals surface area contributed by atoms with Gasteiger partial charge in [0, 0.05) is 6.54 Å². The monoisotopic (exact) mass is 262 g/mol. The van der Waals surface area contributed by atoms with E-state index in [1.807, 2.05) is 0 Å². The Bertz CT molecular complexity index is 356. The third-order valence-electron chi connectivity index (χ3n) is 4.08. The molecule has 0 bridgehead atoms. The van der Waals surface area contributed by atoms with E-state index in [1.54, 1.807) is 7.11 Å². The molecule has 1 N–H and O–H groups in total. The van der Waals surface area contributed by atoms with Gasteiger partial charge in [-0.1, -0.05) is 12.1 Å². The first-order valence-corrected chi connectivity index (χ1v) is 7.31. The minimum Gasteiger partial charge on any atom is -0.497 e. The highest BCUT2D eigenvalue weighted by molar-refractivity contribution is 5.27. The normalized spacial score (nSPS) is 17.6. The summed E-state index contributed by atoms with van der Waals surface area (Å²) < 4.78 is 5.18. The van der Waals surface area contributed by atoms with E-state index < -0.39 is 0 Å². The van der Waals surface area contributed by atoms with Gasteiger partial charge < -0.3 is 15.0 Å². The predicted molar refractivity (Wildman–Crippen MR) is 79.8 cm³/mol. The molecular formula is C16H26N2O. The summed E-state index contributed by atoms with van der Waals surface area (Å²) in [5, 5.41) is 3.29. The molecule has 0 amide bonds. The number of hydrogen-bond acceptors (Lipinski definition) is 3. The zero-order valence-corrected chi connectivity index (χ0v) is 12.2. The van der Waals surface area contributed by atoms with Crippen LogP contribution < -0.4 is 10.1 Å². The van der Waals surface area contributed by atoms with Gasteiger partial charge in [0.2, 0.25) is 0 Å². The van der Waals surface area contributed by atoms with Gasteiger partial charge in [-0.05, 0) is 69.6 Å². The molecule has 1 aliphatic rings. The lowest BCUT2D eigenvalue weighted by Crippen LogP contribution is -2.37. The maximum atomic E-state index is 5.18. The smallest absolute Gasteiger partial charge is 0.118 e. The molecule has 3 nitrogen and oxygen atoms in total. The van der Waals surface area contributed by atoms with Crippen molar-refractivity contribution >= 4 is 0 Å². The van der Waals surface area contributed by atoms with Crippen LogP contribution in [0, 0.1) is 5.92 Å². The van der Waals surface area contributed by atoms with Crippen LogP contribution in [-0.4, -0.2) is 45.2 Å². The summed E-state index contributed by atoms with van der Waals surface area (Å²) in [6.45, 7) is 4.86. The Morgan fingerprint density at radius 3 is 2.47 bits per heavy atom. The number of rotatable bonds is 6. The SMILES string of the molecule is CNCC1CCN(CCc2ccc(OC)cc2)CC1. The molecule has 0 saturated carbocycles. The summed E-state index contributed by atoms with van der Waals surface area (Å²) >= 11 is 0. The third kappa shape index (κ3) is 4.51. The standard InChI is InChI=1S/C16H26N2O/c1-17-13-15-8-11-18(12-9-15)10-7-14-3-5-16(19-2)6-4-14/h3-6,15,17H,7-13H2,1-2H3. The van der Waals surface area contributed by atoms with Crippen LogP contribution in [0.15, 0.2) is 24.3 Å². The fourth-order valence-corrected chi connectivity index (χ4v) is 2.78. The molecule has 0 unspecified atom stereocenters. The lowest BCUT2D eigenvalue weighted by molar-refractivity contribution is 0.185. The van der Waals surface area contributed by atoms with Crippen LogP contribution in [0.25, 0.3) is 0 Å². The lowest BCUT2D eigenvalue weighted by atomic mass is 9.96. The van der Waals surface area contributed by atoms with Gasteiger partial charge >= 0.3 is 0 Å². The number of methoxy groups -OCH3 is 1. The average molecular weight is 262 g/mol. The van der Waals surface area contributed by atoms with Crippen molar-refractivity contribution < 1.29 is 4.74 Å². The van der Waals surface area contributed by atoms with Crippen LogP contribution in [0.2, 0.25) is 0 Å². The molecule has 1 aliphatic heterocycles. The van der Waals surface area contributed by atoms with E-state index in [-0.39, 0.29) is 0 Å². The van der Waals surface area contributed by atoms with Crippen LogP contribution in [0.5, 0.6) is 5.75 Å². The first kappa shape index (κ1) is 14.4. The first-order chi connectivity index (χ1) is 9.31. The topological polar surface area (TPSA) is 24.5 Å². The minimum atomic E-state index is 0.877. The van der Waals surface area contributed by atoms with Crippen molar-refractivity contribution in [1.29, 1.82) is 0 Å². The van der Waals surface area contributed by atoms with Gasteiger partial charge in [0.25, 0.3) is 0 Å². The summed E-state index contributed by atoms with van der Waals surface area (Å²) in [5.41, 5.74) is 1.40. The second-order valence-electron chi connectivity index (χ2n) is 5.44. The van der Waals surface area contributed by atoms with E-state index in [2.05, 4.69) is 41.5 Å². The van der Waals surface area contributed by atoms with E-state index in [9.17, 15) is 0 Å². The van der Waals surface area contributed by atoms with Crippen LogP contribution >= 0.6 is 0 Å². The molecule has 1 saturated heterocycles. The zero-order chi connectivity index (χ0) is 13.5. The fourth-order valence-electron chi connectivity index (χ4n) is 2.78. The van der Waals surface area contributed by atoms with Crippen LogP contribution in [0.4, 0.5) is 0 Å². The Morgan fingerprint density at radius 2 is 1.89 bits per heavy atom. The van der Waals surface area contributed by atoms with E-state index in [0.29, 0.717) is 0 Å². The number of benzene rings is 1. The lowest BCUT2D eigenvalue weighted by Gasteiger charge is -2.31. The minimum absolute atomic E-state index is 0.877. The number of ether oxygens (including phenoxy) is 1. The summed E-state index contributed by atoms with van der Waals surface area (Å²) in [6, 6.07) is 8.45. The Hall–Kier alpha value is -1.06. The summed E-state index contributed by atoms with van der Waals surface area (Å²) in [5.74, 6) is 1.82. The molecule has 106 valence electrons. The molecule has 0 aliphatic carbocycles. The molecule has 0 spiro atoms. The third-order valence-corrected chi connectivity index (χ3v) is 4.08. The molecule has 0 atom stereocenters. The molecule has 19 heavy (non-hydrogen) atoms. The quantitative estimate of drug-likeness (QED) is 0.850. The maximum absolute atomic E-state index is 5.18. The largest absolute Gasteiger partial charge is 0.497 e. The molecule has 0 radical (unpaired) electrons. The molecule has 0 aromatic heterocycles. The van der Waals surface area contributed by atoms with Gasteiger partial charge in [0.1, 0.15) is 5.75 Å². The van der Waals surface area contributed by atoms with Crippen molar-refractivity contribution in [3.05, 3.63) is 29.8 Å². The van der Waals surface area contributed by atoms with E-state index in [0.717, 1.165) is 18.1 Å². The zero-order valence-electron chi connectivity index (χ0n) is 12.2. The average Bonchev–Trinajstić information content (AvgIpc) is 2.47. The molecule has 2 rings (SSSR count). The van der Waals surface area contributed by atoms with Crippen LogP contribution in [-0.2, 0) is 6.42 Å². The van der Waals surface area contributed by atoms with Crippen molar-refractivity contribution in [2.45, 2.75) is 19.3 Å². The van der Waals surface area contributed by atoms with E-state index in [4.69, 9.17) is 4.74 Å². The molecule has 1 aromatic carbocycles. The Kier molecular flexibility index (Phi) is 5.67. The number of hydrogen-bond donors (Lipinski definition) is 1. The van der Waals surface area contributed by atoms with Crippen LogP contribution in [0.3, 0.4) is 0 Å². The van der Waals surface area contributed by atoms with Crippen molar-refractivity contribution in [3.8, 4) is 5.75 Å². The molecule has 1 aromatic rings. The second-order valence-corrected chi connectivity index (χ2v) is 5.44. The van der Waals surface area contributed by atoms with E-state index in [1.165, 1.54) is 44.6 Å². The Labute approximate surface area is 116 Å². The number of nitrogens with one attached hydrogen (secondary N) is 1. The van der Waals surface area contributed by atoms with Crippen LogP contribution in [0.1, 0.15) is 18.4 Å². The fraction of sp³-hybridized carbons (Fsp3) is 0.625. The van der Waals surface area contributed by atoms with Gasteiger partial charge in [-0.25, -0.2) is 0 Å². The molecule has 3 heteroatoms. The van der Waals surface area contributed by atoms with Gasteiger partial charge in [0.15, 0.2) is 0 Å². The maximum Gasteiger partial charge on any atom is 0.118 e. The van der Waals surface area contributed by atoms with Crippen molar-refractivity contribution in [2.24, 2.45) is 5.92 Å². The van der Waals surface area contributed by atoms with Gasteiger partial charge in [-0.15, -0.1) is 0 Å². The number of likely N-dealkylation sites (tertiary alicyclic amines) is 1. The Morgan fingerprint density at radius 1 is 1.21 bits per heavy atom. The highest BCUT2D eigenvalue weighted by Crippen LogP contribution is 2.17. The molecule has 1 heterocycles. The highest BCUT2D eigenvalue weighted by Gasteiger charge is 2.17. The molecule has 1 fully saturated rings. The summed E-state index contributed by atoms with van der Waals surface area (Å²) in [7, 11) is 3.76. The van der Waals surface area contributed by atoms with Gasteiger partial charge in [-0.2, -0.15) is 0 Å². The van der Waals surface area contributed by atoms with Crippen molar-refractivity contribution in [1.82, 2.24) is 10.2 Å². The Balaban J connectivity index is 1.71.